The molecule has 1 fully saturated rings. The van der Waals surface area contributed by atoms with Gasteiger partial charge in [0.05, 0.1) is 0 Å². The molecule has 1 aromatic heterocycles. The van der Waals surface area contributed by atoms with Crippen LogP contribution in [0.15, 0.2) is 29.4 Å². The second kappa shape index (κ2) is 8.70. The highest BCUT2D eigenvalue weighted by Crippen LogP contribution is 2.28. The Morgan fingerprint density at radius 2 is 2.00 bits per heavy atom. The highest BCUT2D eigenvalue weighted by molar-refractivity contribution is 7.98. The number of hydrogen-bond donors (Lipinski definition) is 0. The van der Waals surface area contributed by atoms with E-state index in [1.807, 2.05) is 0 Å². The lowest BCUT2D eigenvalue weighted by Crippen LogP contribution is -2.10. The summed E-state index contributed by atoms with van der Waals surface area (Å²) in [6, 6.07) is 8.72. The Bertz CT molecular complexity index is 644. The maximum absolute atomic E-state index is 4.49. The van der Waals surface area contributed by atoms with Crippen LogP contribution in [0.3, 0.4) is 0 Å². The van der Waals surface area contributed by atoms with Crippen molar-refractivity contribution in [3.63, 3.8) is 0 Å². The average molecular weight is 344 g/mol. The maximum atomic E-state index is 4.49. The largest absolute Gasteiger partial charge is 0.306 e. The van der Waals surface area contributed by atoms with E-state index in [0.717, 1.165) is 29.8 Å². The Labute approximate surface area is 150 Å². The summed E-state index contributed by atoms with van der Waals surface area (Å²) in [5.74, 6) is 3.04. The van der Waals surface area contributed by atoms with Gasteiger partial charge in [0.1, 0.15) is 5.82 Å². The quantitative estimate of drug-likeness (QED) is 0.630. The van der Waals surface area contributed by atoms with Gasteiger partial charge in [-0.05, 0) is 31.7 Å². The average Bonchev–Trinajstić information content (AvgIpc) is 3.01. The van der Waals surface area contributed by atoms with Crippen LogP contribution in [0.2, 0.25) is 0 Å². The molecule has 24 heavy (non-hydrogen) atoms. The standard InChI is InChI=1S/C20H29N3S/c1-3-23-19(13-12-17-9-5-4-6-10-17)21-22-20(23)24-15-18-11-7-8-16(2)14-18/h7-8,11,14,17H,3-6,9-10,12-13,15H2,1-2H3. The van der Waals surface area contributed by atoms with Crippen LogP contribution in [0.25, 0.3) is 0 Å². The molecule has 1 saturated carbocycles. The van der Waals surface area contributed by atoms with Crippen molar-refractivity contribution in [2.75, 3.05) is 0 Å². The SMILES string of the molecule is CCn1c(CCC2CCCCC2)nnc1SCc1cccc(C)c1. The summed E-state index contributed by atoms with van der Waals surface area (Å²) >= 11 is 1.81. The summed E-state index contributed by atoms with van der Waals surface area (Å²) in [5, 5.41) is 10.0. The van der Waals surface area contributed by atoms with Crippen LogP contribution >= 0.6 is 11.8 Å². The maximum Gasteiger partial charge on any atom is 0.191 e. The minimum absolute atomic E-state index is 0.907. The van der Waals surface area contributed by atoms with E-state index in [2.05, 4.69) is 52.9 Å². The molecule has 2 aromatic rings. The molecule has 1 aliphatic rings. The van der Waals surface area contributed by atoms with Crippen molar-refractivity contribution in [1.29, 1.82) is 0 Å². The number of nitrogens with zero attached hydrogens (tertiary/aromatic N) is 3. The number of thioether (sulfide) groups is 1. The summed E-state index contributed by atoms with van der Waals surface area (Å²) in [4.78, 5) is 0. The minimum Gasteiger partial charge on any atom is -0.306 e. The summed E-state index contributed by atoms with van der Waals surface area (Å²) < 4.78 is 2.31. The van der Waals surface area contributed by atoms with Crippen LogP contribution in [0.1, 0.15) is 62.4 Å². The molecule has 3 nitrogen and oxygen atoms in total. The van der Waals surface area contributed by atoms with E-state index in [9.17, 15) is 0 Å². The van der Waals surface area contributed by atoms with Crippen LogP contribution in [-0.2, 0) is 18.7 Å². The van der Waals surface area contributed by atoms with E-state index < -0.39 is 0 Å². The number of hydrogen-bond acceptors (Lipinski definition) is 3. The van der Waals surface area contributed by atoms with E-state index in [1.165, 1.54) is 55.5 Å². The van der Waals surface area contributed by atoms with Gasteiger partial charge in [-0.3, -0.25) is 0 Å². The van der Waals surface area contributed by atoms with Crippen LogP contribution in [-0.4, -0.2) is 14.8 Å². The lowest BCUT2D eigenvalue weighted by atomic mass is 9.86. The van der Waals surface area contributed by atoms with Gasteiger partial charge in [-0.1, -0.05) is 73.7 Å². The zero-order chi connectivity index (χ0) is 16.8. The van der Waals surface area contributed by atoms with Gasteiger partial charge in [-0.2, -0.15) is 0 Å². The highest BCUT2D eigenvalue weighted by atomic mass is 32.2. The fourth-order valence-corrected chi connectivity index (χ4v) is 4.65. The molecule has 0 amide bonds. The molecular formula is C20H29N3S. The molecule has 130 valence electrons. The predicted molar refractivity (Wildman–Crippen MR) is 101 cm³/mol. The zero-order valence-corrected chi connectivity index (χ0v) is 15.8. The van der Waals surface area contributed by atoms with Crippen molar-refractivity contribution in [1.82, 2.24) is 14.8 Å². The van der Waals surface area contributed by atoms with Crippen molar-refractivity contribution in [2.45, 2.75) is 76.2 Å². The minimum atomic E-state index is 0.907. The molecule has 0 saturated heterocycles. The van der Waals surface area contributed by atoms with Gasteiger partial charge in [0.25, 0.3) is 0 Å². The molecule has 0 radical (unpaired) electrons. The lowest BCUT2D eigenvalue weighted by Gasteiger charge is -2.21. The highest BCUT2D eigenvalue weighted by Gasteiger charge is 2.16. The molecule has 0 atom stereocenters. The summed E-state index contributed by atoms with van der Waals surface area (Å²) in [6.45, 7) is 5.30. The van der Waals surface area contributed by atoms with Crippen LogP contribution in [0.5, 0.6) is 0 Å². The van der Waals surface area contributed by atoms with E-state index in [4.69, 9.17) is 0 Å². The predicted octanol–water partition coefficient (Wildman–Crippen LogP) is 5.41. The Morgan fingerprint density at radius 3 is 2.75 bits per heavy atom. The van der Waals surface area contributed by atoms with Crippen molar-refractivity contribution in [2.24, 2.45) is 5.92 Å². The second-order valence-corrected chi connectivity index (χ2v) is 7.91. The lowest BCUT2D eigenvalue weighted by molar-refractivity contribution is 0.335. The van der Waals surface area contributed by atoms with Crippen LogP contribution < -0.4 is 0 Å². The molecule has 1 heterocycles. The summed E-state index contributed by atoms with van der Waals surface area (Å²) in [7, 11) is 0. The molecule has 0 unspecified atom stereocenters. The molecule has 0 spiro atoms. The smallest absolute Gasteiger partial charge is 0.191 e. The second-order valence-electron chi connectivity index (χ2n) is 6.96. The third-order valence-corrected chi connectivity index (χ3v) is 6.10. The Kier molecular flexibility index (Phi) is 6.36. The molecule has 1 aliphatic carbocycles. The van der Waals surface area contributed by atoms with Gasteiger partial charge >= 0.3 is 0 Å². The summed E-state index contributed by atoms with van der Waals surface area (Å²) in [6.07, 6.45) is 9.45. The van der Waals surface area contributed by atoms with E-state index >= 15 is 0 Å². The molecule has 0 N–H and O–H groups in total. The van der Waals surface area contributed by atoms with Crippen LogP contribution in [0, 0.1) is 12.8 Å². The van der Waals surface area contributed by atoms with Gasteiger partial charge < -0.3 is 4.57 Å². The topological polar surface area (TPSA) is 30.7 Å². The molecular weight excluding hydrogens is 314 g/mol. The first-order valence-electron chi connectivity index (χ1n) is 9.36. The summed E-state index contributed by atoms with van der Waals surface area (Å²) in [5.41, 5.74) is 2.67. The molecule has 0 aliphatic heterocycles. The number of aromatic nitrogens is 3. The molecule has 4 heteroatoms. The van der Waals surface area contributed by atoms with Crippen molar-refractivity contribution in [3.8, 4) is 0 Å². The van der Waals surface area contributed by atoms with E-state index in [1.54, 1.807) is 11.8 Å². The van der Waals surface area contributed by atoms with Crippen molar-refractivity contribution >= 4 is 11.8 Å². The Hall–Kier alpha value is -1.29. The number of benzene rings is 1. The zero-order valence-electron chi connectivity index (χ0n) is 15.0. The van der Waals surface area contributed by atoms with Gasteiger partial charge in [0.15, 0.2) is 5.16 Å². The Morgan fingerprint density at radius 1 is 1.17 bits per heavy atom. The number of aryl methyl sites for hydroxylation is 2. The first-order chi connectivity index (χ1) is 11.8. The first-order valence-corrected chi connectivity index (χ1v) is 10.3. The van der Waals surface area contributed by atoms with Gasteiger partial charge in [-0.15, -0.1) is 10.2 Å². The van der Waals surface area contributed by atoms with Crippen LogP contribution in [0.4, 0.5) is 0 Å². The van der Waals surface area contributed by atoms with Crippen molar-refractivity contribution < 1.29 is 0 Å². The molecule has 1 aromatic carbocycles. The third-order valence-electron chi connectivity index (χ3n) is 5.06. The fraction of sp³-hybridized carbons (Fsp3) is 0.600. The van der Waals surface area contributed by atoms with Gasteiger partial charge in [0.2, 0.25) is 0 Å². The van der Waals surface area contributed by atoms with Gasteiger partial charge in [0, 0.05) is 18.7 Å². The van der Waals surface area contributed by atoms with E-state index in [-0.39, 0.29) is 0 Å². The van der Waals surface area contributed by atoms with Crippen molar-refractivity contribution in [3.05, 3.63) is 41.2 Å². The molecule has 0 bridgehead atoms. The Balaban J connectivity index is 1.59. The fourth-order valence-electron chi connectivity index (χ4n) is 3.69. The molecule has 3 rings (SSSR count). The monoisotopic (exact) mass is 343 g/mol. The first kappa shape index (κ1) is 17.5. The number of rotatable bonds is 7. The van der Waals surface area contributed by atoms with E-state index in [0.29, 0.717) is 0 Å². The third kappa shape index (κ3) is 4.62. The van der Waals surface area contributed by atoms with Gasteiger partial charge in [-0.25, -0.2) is 0 Å². The normalized spacial score (nSPS) is 15.8.